The van der Waals surface area contributed by atoms with Gasteiger partial charge in [0.2, 0.25) is 0 Å². The minimum absolute atomic E-state index is 0.165. The monoisotopic (exact) mass is 168 g/mol. The Balaban J connectivity index is 2.58. The Kier molecular flexibility index (Phi) is 3.32. The van der Waals surface area contributed by atoms with Crippen molar-refractivity contribution in [2.24, 2.45) is 11.8 Å². The minimum atomic E-state index is -0.644. The third-order valence-electron chi connectivity index (χ3n) is 2.57. The Bertz CT molecular complexity index is 184. The number of carbonyl (C=O) groups is 1. The fourth-order valence-electron chi connectivity index (χ4n) is 1.83. The molecule has 1 aliphatic carbocycles. The molecule has 0 saturated carbocycles. The van der Waals surface area contributed by atoms with Gasteiger partial charge in [-0.05, 0) is 31.6 Å². The van der Waals surface area contributed by atoms with Crippen LogP contribution in [0.2, 0.25) is 0 Å². The van der Waals surface area contributed by atoms with Gasteiger partial charge in [0.1, 0.15) is 0 Å². The first-order valence-electron chi connectivity index (χ1n) is 4.65. The molecule has 12 heavy (non-hydrogen) atoms. The molecule has 0 aliphatic heterocycles. The van der Waals surface area contributed by atoms with E-state index in [1.165, 1.54) is 0 Å². The fraction of sp³-hybridized carbons (Fsp3) is 0.700. The van der Waals surface area contributed by atoms with Gasteiger partial charge in [0, 0.05) is 0 Å². The fourth-order valence-corrected chi connectivity index (χ4v) is 1.83. The summed E-state index contributed by atoms with van der Waals surface area (Å²) in [6.45, 7) is 1.95. The summed E-state index contributed by atoms with van der Waals surface area (Å²) < 4.78 is 0. The SMILES string of the molecule is CCC(C(=O)O)C1C=CCCC1. The van der Waals surface area contributed by atoms with Crippen molar-refractivity contribution in [1.29, 1.82) is 0 Å². The van der Waals surface area contributed by atoms with Crippen molar-refractivity contribution in [2.75, 3.05) is 0 Å². The van der Waals surface area contributed by atoms with Gasteiger partial charge in [-0.1, -0.05) is 19.1 Å². The quantitative estimate of drug-likeness (QED) is 0.657. The molecule has 1 N–H and O–H groups in total. The number of carboxylic acid groups (broad SMARTS) is 1. The molecule has 1 aliphatic rings. The number of hydrogen-bond donors (Lipinski definition) is 1. The predicted molar refractivity (Wildman–Crippen MR) is 47.9 cm³/mol. The molecule has 0 heterocycles. The molecule has 2 atom stereocenters. The molecule has 0 spiro atoms. The molecule has 0 aromatic carbocycles. The largest absolute Gasteiger partial charge is 0.481 e. The van der Waals surface area contributed by atoms with E-state index in [1.54, 1.807) is 0 Å². The summed E-state index contributed by atoms with van der Waals surface area (Å²) in [4.78, 5) is 10.8. The summed E-state index contributed by atoms with van der Waals surface area (Å²) >= 11 is 0. The lowest BCUT2D eigenvalue weighted by Gasteiger charge is -2.21. The van der Waals surface area contributed by atoms with Gasteiger partial charge in [-0.15, -0.1) is 0 Å². The van der Waals surface area contributed by atoms with Crippen LogP contribution in [0, 0.1) is 11.8 Å². The second-order valence-electron chi connectivity index (χ2n) is 3.38. The van der Waals surface area contributed by atoms with Crippen molar-refractivity contribution in [1.82, 2.24) is 0 Å². The highest BCUT2D eigenvalue weighted by atomic mass is 16.4. The Morgan fingerprint density at radius 2 is 2.50 bits per heavy atom. The molecule has 0 amide bonds. The smallest absolute Gasteiger partial charge is 0.307 e. The molecule has 0 aromatic rings. The zero-order chi connectivity index (χ0) is 8.97. The van der Waals surface area contributed by atoms with Crippen molar-refractivity contribution in [3.8, 4) is 0 Å². The molecular formula is C10H16O2. The summed E-state index contributed by atoms with van der Waals surface area (Å²) in [5.74, 6) is -0.531. The summed E-state index contributed by atoms with van der Waals surface area (Å²) in [5.41, 5.74) is 0. The van der Waals surface area contributed by atoms with Crippen molar-refractivity contribution >= 4 is 5.97 Å². The average molecular weight is 168 g/mol. The molecule has 2 heteroatoms. The highest BCUT2D eigenvalue weighted by Crippen LogP contribution is 2.26. The molecule has 0 radical (unpaired) electrons. The molecule has 0 fully saturated rings. The van der Waals surface area contributed by atoms with Gasteiger partial charge in [0.25, 0.3) is 0 Å². The highest BCUT2D eigenvalue weighted by Gasteiger charge is 2.24. The normalized spacial score (nSPS) is 25.2. The van der Waals surface area contributed by atoms with Crippen LogP contribution >= 0.6 is 0 Å². The number of rotatable bonds is 3. The Hall–Kier alpha value is -0.790. The molecule has 2 unspecified atom stereocenters. The van der Waals surface area contributed by atoms with E-state index in [2.05, 4.69) is 12.2 Å². The lowest BCUT2D eigenvalue weighted by molar-refractivity contribution is -0.143. The lowest BCUT2D eigenvalue weighted by atomic mass is 9.83. The van der Waals surface area contributed by atoms with E-state index in [1.807, 2.05) is 6.92 Å². The minimum Gasteiger partial charge on any atom is -0.481 e. The van der Waals surface area contributed by atoms with E-state index in [0.29, 0.717) is 0 Å². The summed E-state index contributed by atoms with van der Waals surface area (Å²) in [6, 6.07) is 0. The van der Waals surface area contributed by atoms with E-state index >= 15 is 0 Å². The Morgan fingerprint density at radius 1 is 1.75 bits per heavy atom. The Labute approximate surface area is 73.3 Å². The van der Waals surface area contributed by atoms with E-state index < -0.39 is 5.97 Å². The van der Waals surface area contributed by atoms with Crippen LogP contribution in [-0.2, 0) is 4.79 Å². The van der Waals surface area contributed by atoms with Crippen LogP contribution in [0.15, 0.2) is 12.2 Å². The molecule has 0 bridgehead atoms. The molecule has 0 saturated heterocycles. The number of allylic oxidation sites excluding steroid dienone is 2. The van der Waals surface area contributed by atoms with Gasteiger partial charge >= 0.3 is 5.97 Å². The second-order valence-corrected chi connectivity index (χ2v) is 3.38. The molecule has 2 nitrogen and oxygen atoms in total. The molecular weight excluding hydrogens is 152 g/mol. The molecule has 68 valence electrons. The maximum absolute atomic E-state index is 10.8. The number of hydrogen-bond acceptors (Lipinski definition) is 1. The summed E-state index contributed by atoms with van der Waals surface area (Å²) in [5, 5.41) is 8.89. The van der Waals surface area contributed by atoms with Crippen LogP contribution in [0.4, 0.5) is 0 Å². The summed E-state index contributed by atoms with van der Waals surface area (Å²) in [6.07, 6.45) is 8.23. The average Bonchev–Trinajstić information content (AvgIpc) is 2.07. The van der Waals surface area contributed by atoms with Gasteiger partial charge in [-0.25, -0.2) is 0 Å². The maximum atomic E-state index is 10.8. The van der Waals surface area contributed by atoms with Gasteiger partial charge in [0.05, 0.1) is 5.92 Å². The van der Waals surface area contributed by atoms with Gasteiger partial charge in [-0.2, -0.15) is 0 Å². The van der Waals surface area contributed by atoms with E-state index in [-0.39, 0.29) is 11.8 Å². The highest BCUT2D eigenvalue weighted by molar-refractivity contribution is 5.70. The van der Waals surface area contributed by atoms with Crippen molar-refractivity contribution in [3.63, 3.8) is 0 Å². The Morgan fingerprint density at radius 3 is 2.92 bits per heavy atom. The third-order valence-corrected chi connectivity index (χ3v) is 2.57. The van der Waals surface area contributed by atoms with E-state index in [4.69, 9.17) is 5.11 Å². The van der Waals surface area contributed by atoms with Crippen molar-refractivity contribution in [3.05, 3.63) is 12.2 Å². The second kappa shape index (κ2) is 4.29. The first-order chi connectivity index (χ1) is 5.75. The number of aliphatic carboxylic acids is 1. The molecule has 1 rings (SSSR count). The predicted octanol–water partition coefficient (Wildman–Crippen LogP) is 2.45. The lowest BCUT2D eigenvalue weighted by Crippen LogP contribution is -2.22. The standard InChI is InChI=1S/C10H16O2/c1-2-9(10(11)12)8-6-4-3-5-7-8/h4,6,8-9H,2-3,5,7H2,1H3,(H,11,12). The summed E-state index contributed by atoms with van der Waals surface area (Å²) in [7, 11) is 0. The zero-order valence-electron chi connectivity index (χ0n) is 7.49. The maximum Gasteiger partial charge on any atom is 0.307 e. The van der Waals surface area contributed by atoms with E-state index in [9.17, 15) is 4.79 Å². The van der Waals surface area contributed by atoms with Gasteiger partial charge < -0.3 is 5.11 Å². The van der Waals surface area contributed by atoms with Gasteiger partial charge in [0.15, 0.2) is 0 Å². The van der Waals surface area contributed by atoms with Crippen molar-refractivity contribution < 1.29 is 9.90 Å². The van der Waals surface area contributed by atoms with Crippen LogP contribution in [-0.4, -0.2) is 11.1 Å². The van der Waals surface area contributed by atoms with Crippen LogP contribution in [0.3, 0.4) is 0 Å². The topological polar surface area (TPSA) is 37.3 Å². The van der Waals surface area contributed by atoms with Crippen molar-refractivity contribution in [2.45, 2.75) is 32.6 Å². The number of carboxylic acids is 1. The van der Waals surface area contributed by atoms with E-state index in [0.717, 1.165) is 25.7 Å². The first kappa shape index (κ1) is 9.30. The van der Waals surface area contributed by atoms with Crippen LogP contribution in [0.1, 0.15) is 32.6 Å². The molecule has 0 aromatic heterocycles. The van der Waals surface area contributed by atoms with Gasteiger partial charge in [-0.3, -0.25) is 4.79 Å². The third kappa shape index (κ3) is 2.10. The zero-order valence-corrected chi connectivity index (χ0v) is 7.49. The first-order valence-corrected chi connectivity index (χ1v) is 4.65. The van der Waals surface area contributed by atoms with Crippen LogP contribution in [0.5, 0.6) is 0 Å². The van der Waals surface area contributed by atoms with Crippen LogP contribution in [0.25, 0.3) is 0 Å². The van der Waals surface area contributed by atoms with Crippen LogP contribution < -0.4 is 0 Å².